The molecule has 0 bridgehead atoms. The van der Waals surface area contributed by atoms with E-state index in [0.717, 1.165) is 5.69 Å². The molecule has 0 atom stereocenters. The minimum absolute atomic E-state index is 0.0707. The summed E-state index contributed by atoms with van der Waals surface area (Å²) in [5.41, 5.74) is 2.28. The number of carboxylic acids is 1. The topological polar surface area (TPSA) is 105 Å². The van der Waals surface area contributed by atoms with E-state index in [1.807, 2.05) is 13.8 Å². The minimum Gasteiger partial charge on any atom is -0.476 e. The number of carbonyl (C=O) groups is 1. The number of fused-ring (bicyclic) bond motifs is 1. The molecule has 3 heterocycles. The van der Waals surface area contributed by atoms with E-state index in [9.17, 15) is 9.59 Å². The highest BCUT2D eigenvalue weighted by atomic mass is 16.4. The third-order valence-corrected chi connectivity index (χ3v) is 3.39. The van der Waals surface area contributed by atoms with Gasteiger partial charge in [-0.15, -0.1) is 0 Å². The normalized spacial score (nSPS) is 11.1. The molecule has 0 spiro atoms. The highest BCUT2D eigenvalue weighted by molar-refractivity contribution is 5.85. The Bertz CT molecular complexity index is 902. The van der Waals surface area contributed by atoms with Crippen molar-refractivity contribution in [1.29, 1.82) is 0 Å². The molecule has 0 aliphatic carbocycles. The second-order valence-corrected chi connectivity index (χ2v) is 4.65. The summed E-state index contributed by atoms with van der Waals surface area (Å²) in [4.78, 5) is 30.1. The summed E-state index contributed by atoms with van der Waals surface area (Å²) in [6, 6.07) is 0. The molecular formula is C13H13N5O3. The predicted octanol–water partition coefficient (Wildman–Crippen LogP) is 0.777. The van der Waals surface area contributed by atoms with Crippen molar-refractivity contribution >= 4 is 11.6 Å². The zero-order valence-corrected chi connectivity index (χ0v) is 11.5. The lowest BCUT2D eigenvalue weighted by Gasteiger charge is -2.05. The van der Waals surface area contributed by atoms with Crippen LogP contribution in [0.5, 0.6) is 0 Å². The summed E-state index contributed by atoms with van der Waals surface area (Å²) >= 11 is 0. The van der Waals surface area contributed by atoms with E-state index in [1.54, 1.807) is 0 Å². The fourth-order valence-corrected chi connectivity index (χ4v) is 2.32. The molecule has 0 saturated heterocycles. The second-order valence-electron chi connectivity index (χ2n) is 4.65. The summed E-state index contributed by atoms with van der Waals surface area (Å²) in [6.07, 6.45) is 4.86. The molecule has 0 amide bonds. The van der Waals surface area contributed by atoms with Crippen LogP contribution in [0.4, 0.5) is 0 Å². The van der Waals surface area contributed by atoms with Gasteiger partial charge in [-0.1, -0.05) is 6.92 Å². The van der Waals surface area contributed by atoms with Gasteiger partial charge in [0, 0.05) is 17.5 Å². The quantitative estimate of drug-likeness (QED) is 0.740. The number of H-pyrrole nitrogens is 1. The first-order valence-electron chi connectivity index (χ1n) is 6.40. The number of hydrogen-bond acceptors (Lipinski definition) is 4. The van der Waals surface area contributed by atoms with Crippen molar-refractivity contribution in [1.82, 2.24) is 24.1 Å². The first kappa shape index (κ1) is 13.1. The van der Waals surface area contributed by atoms with Crippen molar-refractivity contribution in [3.63, 3.8) is 0 Å². The molecule has 8 nitrogen and oxygen atoms in total. The fraction of sp³-hybridized carbons (Fsp3) is 0.231. The molecular weight excluding hydrogens is 274 g/mol. The Balaban J connectivity index is 2.25. The number of hydrogen-bond donors (Lipinski definition) is 2. The molecule has 0 aromatic carbocycles. The third-order valence-electron chi connectivity index (χ3n) is 3.39. The number of nitrogens with one attached hydrogen (secondary N) is 1. The summed E-state index contributed by atoms with van der Waals surface area (Å²) in [5.74, 6) is -1.11. The molecule has 3 aromatic rings. The van der Waals surface area contributed by atoms with Crippen LogP contribution < -0.4 is 5.56 Å². The maximum atomic E-state index is 12.3. The Morgan fingerprint density at radius 1 is 1.48 bits per heavy atom. The molecule has 21 heavy (non-hydrogen) atoms. The molecule has 108 valence electrons. The standard InChI is InChI=1S/C13H13N5O3/c1-3-8-7(2)16-11-10(4-15-18(11)12(8)19)17-5-9(13(20)21)14-6-17/h4-6,16H,3H2,1-2H3,(H,20,21). The fourth-order valence-electron chi connectivity index (χ4n) is 2.32. The lowest BCUT2D eigenvalue weighted by atomic mass is 10.2. The number of rotatable bonds is 3. The molecule has 3 rings (SSSR count). The van der Waals surface area contributed by atoms with Gasteiger partial charge in [0.15, 0.2) is 11.3 Å². The van der Waals surface area contributed by atoms with Crippen molar-refractivity contribution in [2.75, 3.05) is 0 Å². The molecule has 8 heteroatoms. The lowest BCUT2D eigenvalue weighted by molar-refractivity contribution is 0.0691. The van der Waals surface area contributed by atoms with Gasteiger partial charge in [0.2, 0.25) is 0 Å². The minimum atomic E-state index is -1.11. The molecule has 2 N–H and O–H groups in total. The number of aromatic amines is 1. The highest BCUT2D eigenvalue weighted by Crippen LogP contribution is 2.14. The van der Waals surface area contributed by atoms with Crippen LogP contribution in [0.3, 0.4) is 0 Å². The van der Waals surface area contributed by atoms with E-state index < -0.39 is 5.97 Å². The molecule has 0 radical (unpaired) electrons. The van der Waals surface area contributed by atoms with E-state index in [2.05, 4.69) is 15.1 Å². The third kappa shape index (κ3) is 1.92. The van der Waals surface area contributed by atoms with Crippen LogP contribution in [-0.4, -0.2) is 35.2 Å². The maximum Gasteiger partial charge on any atom is 0.356 e. The maximum absolute atomic E-state index is 12.3. The Morgan fingerprint density at radius 2 is 2.24 bits per heavy atom. The summed E-state index contributed by atoms with van der Waals surface area (Å²) < 4.78 is 2.80. The summed E-state index contributed by atoms with van der Waals surface area (Å²) in [7, 11) is 0. The zero-order chi connectivity index (χ0) is 15.1. The number of nitrogens with zero attached hydrogens (tertiary/aromatic N) is 4. The van der Waals surface area contributed by atoms with Gasteiger partial charge in [-0.25, -0.2) is 9.78 Å². The average Bonchev–Trinajstić information content (AvgIpc) is 3.04. The van der Waals surface area contributed by atoms with Gasteiger partial charge in [0.1, 0.15) is 12.0 Å². The Hall–Kier alpha value is -2.90. The van der Waals surface area contributed by atoms with E-state index in [4.69, 9.17) is 5.11 Å². The summed E-state index contributed by atoms with van der Waals surface area (Å²) in [5, 5.41) is 13.0. The highest BCUT2D eigenvalue weighted by Gasteiger charge is 2.15. The van der Waals surface area contributed by atoms with Crippen LogP contribution in [0.2, 0.25) is 0 Å². The zero-order valence-electron chi connectivity index (χ0n) is 11.5. The van der Waals surface area contributed by atoms with Crippen molar-refractivity contribution in [2.24, 2.45) is 0 Å². The first-order chi connectivity index (χ1) is 10.0. The van der Waals surface area contributed by atoms with Crippen molar-refractivity contribution in [3.8, 4) is 5.69 Å². The van der Waals surface area contributed by atoms with Crippen LogP contribution in [0.1, 0.15) is 28.7 Å². The van der Waals surface area contributed by atoms with Crippen molar-refractivity contribution < 1.29 is 9.90 Å². The van der Waals surface area contributed by atoms with E-state index in [-0.39, 0.29) is 11.3 Å². The van der Waals surface area contributed by atoms with Crippen LogP contribution in [0.25, 0.3) is 11.3 Å². The van der Waals surface area contributed by atoms with Gasteiger partial charge in [0.05, 0.1) is 6.20 Å². The van der Waals surface area contributed by atoms with Gasteiger partial charge in [0.25, 0.3) is 5.56 Å². The monoisotopic (exact) mass is 287 g/mol. The molecule has 0 aliphatic heterocycles. The number of aromatic carboxylic acids is 1. The molecule has 3 aromatic heterocycles. The second kappa shape index (κ2) is 4.58. The van der Waals surface area contributed by atoms with Crippen molar-refractivity contribution in [3.05, 3.63) is 46.0 Å². The van der Waals surface area contributed by atoms with E-state index >= 15 is 0 Å². The number of carboxylic acid groups (broad SMARTS) is 1. The Kier molecular flexibility index (Phi) is 2.86. The van der Waals surface area contributed by atoms with Gasteiger partial charge >= 0.3 is 5.97 Å². The Morgan fingerprint density at radius 3 is 2.86 bits per heavy atom. The molecule has 0 aliphatic rings. The van der Waals surface area contributed by atoms with Gasteiger partial charge in [-0.3, -0.25) is 4.79 Å². The van der Waals surface area contributed by atoms with E-state index in [1.165, 1.54) is 27.8 Å². The van der Waals surface area contributed by atoms with Gasteiger partial charge < -0.3 is 14.7 Å². The molecule has 0 unspecified atom stereocenters. The average molecular weight is 287 g/mol. The predicted molar refractivity (Wildman–Crippen MR) is 74.0 cm³/mol. The first-order valence-corrected chi connectivity index (χ1v) is 6.40. The van der Waals surface area contributed by atoms with Crippen LogP contribution in [-0.2, 0) is 6.42 Å². The van der Waals surface area contributed by atoms with Crippen LogP contribution in [0.15, 0.2) is 23.5 Å². The largest absolute Gasteiger partial charge is 0.476 e. The smallest absolute Gasteiger partial charge is 0.356 e. The van der Waals surface area contributed by atoms with Gasteiger partial charge in [-0.2, -0.15) is 9.61 Å². The SMILES string of the molecule is CCc1c(C)[nH]c2c(-n3cnc(C(=O)O)c3)cnn2c1=O. The number of aryl methyl sites for hydroxylation is 1. The van der Waals surface area contributed by atoms with Gasteiger partial charge in [-0.05, 0) is 13.3 Å². The van der Waals surface area contributed by atoms with Crippen LogP contribution >= 0.6 is 0 Å². The van der Waals surface area contributed by atoms with Crippen LogP contribution in [0, 0.1) is 6.92 Å². The lowest BCUT2D eigenvalue weighted by Crippen LogP contribution is -2.21. The molecule has 0 saturated carbocycles. The number of aromatic nitrogens is 5. The number of imidazole rings is 1. The van der Waals surface area contributed by atoms with Crippen molar-refractivity contribution in [2.45, 2.75) is 20.3 Å². The Labute approximate surface area is 118 Å². The van der Waals surface area contributed by atoms with E-state index in [0.29, 0.717) is 23.3 Å². The summed E-state index contributed by atoms with van der Waals surface area (Å²) in [6.45, 7) is 3.73. The molecule has 0 fully saturated rings.